The first-order valence-corrected chi connectivity index (χ1v) is 8.63. The van der Waals surface area contributed by atoms with Crippen molar-refractivity contribution in [2.75, 3.05) is 19.7 Å². The van der Waals surface area contributed by atoms with Gasteiger partial charge >= 0.3 is 0 Å². The fourth-order valence-corrected chi connectivity index (χ4v) is 3.41. The van der Waals surface area contributed by atoms with Gasteiger partial charge in [-0.05, 0) is 42.4 Å². The molecule has 2 aliphatic rings. The second-order valence-electron chi connectivity index (χ2n) is 6.45. The maximum atomic E-state index is 5.80. The van der Waals surface area contributed by atoms with Crippen LogP contribution in [0.25, 0.3) is 0 Å². The zero-order chi connectivity index (χ0) is 15.5. The molecule has 4 nitrogen and oxygen atoms in total. The van der Waals surface area contributed by atoms with E-state index in [4.69, 9.17) is 9.72 Å². The van der Waals surface area contributed by atoms with E-state index >= 15 is 0 Å². The lowest BCUT2D eigenvalue weighted by Crippen LogP contribution is -2.33. The van der Waals surface area contributed by atoms with Crippen LogP contribution in [0.1, 0.15) is 47.2 Å². The molecule has 120 valence electrons. The van der Waals surface area contributed by atoms with E-state index in [2.05, 4.69) is 34.6 Å². The van der Waals surface area contributed by atoms with Gasteiger partial charge in [0.05, 0.1) is 12.7 Å². The molecule has 0 unspecified atom stereocenters. The summed E-state index contributed by atoms with van der Waals surface area (Å²) in [6, 6.07) is 8.70. The highest BCUT2D eigenvalue weighted by molar-refractivity contribution is 5.28. The minimum absolute atomic E-state index is 0.179. The molecule has 0 bridgehead atoms. The van der Waals surface area contributed by atoms with Crippen molar-refractivity contribution in [3.63, 3.8) is 0 Å². The number of aromatic nitrogens is 2. The number of morpholine rings is 1. The largest absolute Gasteiger partial charge is 0.371 e. The van der Waals surface area contributed by atoms with Crippen molar-refractivity contribution in [3.05, 3.63) is 58.7 Å². The first kappa shape index (κ1) is 14.8. The number of hydrogen-bond acceptors (Lipinski definition) is 4. The summed E-state index contributed by atoms with van der Waals surface area (Å²) in [4.78, 5) is 9.33. The van der Waals surface area contributed by atoms with Gasteiger partial charge in [-0.15, -0.1) is 0 Å². The van der Waals surface area contributed by atoms with Crippen LogP contribution in [0.4, 0.5) is 0 Å². The number of nitrogens with one attached hydrogen (secondary N) is 1. The van der Waals surface area contributed by atoms with E-state index < -0.39 is 0 Å². The molecule has 0 radical (unpaired) electrons. The molecular formula is C19H23N3O. The third-order valence-corrected chi connectivity index (χ3v) is 4.76. The summed E-state index contributed by atoms with van der Waals surface area (Å²) in [5, 5.41) is 3.37. The van der Waals surface area contributed by atoms with Crippen LogP contribution in [0, 0.1) is 0 Å². The summed E-state index contributed by atoms with van der Waals surface area (Å²) in [5.74, 6) is 0.939. The molecule has 23 heavy (non-hydrogen) atoms. The molecule has 2 aromatic rings. The fraction of sp³-hybridized carbons (Fsp3) is 0.474. The maximum absolute atomic E-state index is 5.80. The highest BCUT2D eigenvalue weighted by Gasteiger charge is 2.16. The molecule has 1 aromatic carbocycles. The lowest BCUT2D eigenvalue weighted by atomic mass is 9.97. The lowest BCUT2D eigenvalue weighted by molar-refractivity contribution is 0.0277. The summed E-state index contributed by atoms with van der Waals surface area (Å²) in [5.41, 5.74) is 5.11. The van der Waals surface area contributed by atoms with Gasteiger partial charge in [0.2, 0.25) is 0 Å². The molecule has 1 atom stereocenters. The molecule has 1 fully saturated rings. The van der Waals surface area contributed by atoms with Gasteiger partial charge in [-0.25, -0.2) is 9.97 Å². The molecule has 0 saturated carbocycles. The number of nitrogens with zero attached hydrogens (tertiary/aromatic N) is 2. The lowest BCUT2D eigenvalue weighted by Gasteiger charge is -2.24. The number of ether oxygens (including phenoxy) is 1. The van der Waals surface area contributed by atoms with E-state index in [1.807, 2.05) is 6.20 Å². The Bertz CT molecular complexity index is 663. The number of rotatable bonds is 3. The van der Waals surface area contributed by atoms with E-state index in [-0.39, 0.29) is 6.10 Å². The van der Waals surface area contributed by atoms with Crippen LogP contribution in [0.5, 0.6) is 0 Å². The van der Waals surface area contributed by atoms with Gasteiger partial charge in [-0.1, -0.05) is 24.3 Å². The predicted octanol–water partition coefficient (Wildman–Crippen LogP) is 2.61. The molecule has 1 saturated heterocycles. The summed E-state index contributed by atoms with van der Waals surface area (Å²) < 4.78 is 5.80. The maximum Gasteiger partial charge on any atom is 0.132 e. The topological polar surface area (TPSA) is 47.0 Å². The minimum Gasteiger partial charge on any atom is -0.371 e. The molecule has 1 aliphatic heterocycles. The quantitative estimate of drug-likeness (QED) is 0.947. The van der Waals surface area contributed by atoms with Gasteiger partial charge in [0.25, 0.3) is 0 Å². The average Bonchev–Trinajstić information content (AvgIpc) is 2.63. The second kappa shape index (κ2) is 6.77. The monoisotopic (exact) mass is 309 g/mol. The number of fused-ring (bicyclic) bond motifs is 1. The van der Waals surface area contributed by atoms with Gasteiger partial charge in [0.1, 0.15) is 5.82 Å². The average molecular weight is 309 g/mol. The zero-order valence-corrected chi connectivity index (χ0v) is 13.4. The van der Waals surface area contributed by atoms with Crippen LogP contribution in [-0.2, 0) is 24.0 Å². The number of aryl methyl sites for hydroxylation is 2. The fourth-order valence-electron chi connectivity index (χ4n) is 3.41. The van der Waals surface area contributed by atoms with Gasteiger partial charge in [0, 0.05) is 31.4 Å². The van der Waals surface area contributed by atoms with E-state index in [1.165, 1.54) is 35.2 Å². The highest BCUT2D eigenvalue weighted by atomic mass is 16.5. The Morgan fingerprint density at radius 3 is 2.83 bits per heavy atom. The van der Waals surface area contributed by atoms with Crippen LogP contribution in [-0.4, -0.2) is 29.7 Å². The molecule has 4 rings (SSSR count). The molecule has 0 amide bonds. The molecule has 1 N–H and O–H groups in total. The summed E-state index contributed by atoms with van der Waals surface area (Å²) in [7, 11) is 0. The van der Waals surface area contributed by atoms with Gasteiger partial charge in [-0.3, -0.25) is 0 Å². The standard InChI is InChI=1S/C19H23N3O/c1-2-4-17-16(3-1)12-21-19(22-17)11-14-5-7-15(8-6-14)18-13-20-9-10-23-18/h5-8,12,18,20H,1-4,9-11,13H2/t18-/m1/s1. The van der Waals surface area contributed by atoms with Crippen LogP contribution in [0.15, 0.2) is 30.5 Å². The van der Waals surface area contributed by atoms with Crippen molar-refractivity contribution in [2.45, 2.75) is 38.2 Å². The third kappa shape index (κ3) is 3.43. The van der Waals surface area contributed by atoms with Gasteiger partial charge < -0.3 is 10.1 Å². The summed E-state index contributed by atoms with van der Waals surface area (Å²) >= 11 is 0. The molecule has 4 heteroatoms. The Hall–Kier alpha value is -1.78. The van der Waals surface area contributed by atoms with E-state index in [0.717, 1.165) is 44.8 Å². The number of hydrogen-bond donors (Lipinski definition) is 1. The van der Waals surface area contributed by atoms with Crippen molar-refractivity contribution in [3.8, 4) is 0 Å². The molecular weight excluding hydrogens is 286 g/mol. The summed E-state index contributed by atoms with van der Waals surface area (Å²) in [6.07, 6.45) is 7.79. The van der Waals surface area contributed by atoms with Crippen LogP contribution < -0.4 is 5.32 Å². The van der Waals surface area contributed by atoms with Crippen molar-refractivity contribution in [2.24, 2.45) is 0 Å². The Labute approximate surface area is 137 Å². The minimum atomic E-state index is 0.179. The first-order valence-electron chi connectivity index (χ1n) is 8.63. The first-order chi connectivity index (χ1) is 11.4. The van der Waals surface area contributed by atoms with Crippen molar-refractivity contribution < 1.29 is 4.74 Å². The number of benzene rings is 1. The molecule has 0 spiro atoms. The Morgan fingerprint density at radius 1 is 1.13 bits per heavy atom. The Kier molecular flexibility index (Phi) is 4.35. The molecule has 1 aliphatic carbocycles. The van der Waals surface area contributed by atoms with Gasteiger partial charge in [0.15, 0.2) is 0 Å². The van der Waals surface area contributed by atoms with Crippen molar-refractivity contribution in [1.29, 1.82) is 0 Å². The predicted molar refractivity (Wildman–Crippen MR) is 89.5 cm³/mol. The molecule has 1 aromatic heterocycles. The normalized spacial score (nSPS) is 21.0. The smallest absolute Gasteiger partial charge is 0.132 e. The SMILES string of the molecule is c1cc([C@H]2CNCCO2)ccc1Cc1ncc2c(n1)CCCC2. The highest BCUT2D eigenvalue weighted by Crippen LogP contribution is 2.21. The second-order valence-corrected chi connectivity index (χ2v) is 6.45. The van der Waals surface area contributed by atoms with E-state index in [9.17, 15) is 0 Å². The van der Waals surface area contributed by atoms with Crippen LogP contribution in [0.2, 0.25) is 0 Å². The van der Waals surface area contributed by atoms with E-state index in [0.29, 0.717) is 0 Å². The Morgan fingerprint density at radius 2 is 2.00 bits per heavy atom. The zero-order valence-electron chi connectivity index (χ0n) is 13.4. The van der Waals surface area contributed by atoms with Crippen LogP contribution in [0.3, 0.4) is 0 Å². The summed E-state index contributed by atoms with van der Waals surface area (Å²) in [6.45, 7) is 2.63. The van der Waals surface area contributed by atoms with Gasteiger partial charge in [-0.2, -0.15) is 0 Å². The van der Waals surface area contributed by atoms with Crippen molar-refractivity contribution >= 4 is 0 Å². The van der Waals surface area contributed by atoms with Crippen LogP contribution >= 0.6 is 0 Å². The Balaban J connectivity index is 1.46. The van der Waals surface area contributed by atoms with E-state index in [1.54, 1.807) is 0 Å². The molecule has 2 heterocycles. The van der Waals surface area contributed by atoms with Crippen molar-refractivity contribution in [1.82, 2.24) is 15.3 Å². The third-order valence-electron chi connectivity index (χ3n) is 4.76.